The molecule has 14 heavy (non-hydrogen) atoms. The van der Waals surface area contributed by atoms with Crippen molar-refractivity contribution < 1.29 is 4.79 Å². The first-order valence-electron chi connectivity index (χ1n) is 4.36. The molecule has 0 saturated carbocycles. The first kappa shape index (κ1) is 11.5. The van der Waals surface area contributed by atoms with Crippen LogP contribution in [0.5, 0.6) is 0 Å². The summed E-state index contributed by atoms with van der Waals surface area (Å²) in [6.45, 7) is 4.44. The molecular weight excluding hydrogens is 264 g/mol. The third-order valence-electron chi connectivity index (χ3n) is 1.47. The van der Waals surface area contributed by atoms with Gasteiger partial charge in [0.05, 0.1) is 10.3 Å². The van der Waals surface area contributed by atoms with E-state index in [2.05, 4.69) is 26.6 Å². The number of carbonyl (C=O) groups excluding carboxylic acids is 1. The van der Waals surface area contributed by atoms with Crippen LogP contribution < -0.4 is 10.6 Å². The lowest BCUT2D eigenvalue weighted by atomic mass is 10.4. The Morgan fingerprint density at radius 1 is 1.57 bits per heavy atom. The molecule has 1 rings (SSSR count). The van der Waals surface area contributed by atoms with Crippen LogP contribution in [0.15, 0.2) is 15.9 Å². The topological polar surface area (TPSA) is 41.1 Å². The average molecular weight is 277 g/mol. The van der Waals surface area contributed by atoms with E-state index in [1.807, 2.05) is 26.0 Å². The highest BCUT2D eigenvalue weighted by Gasteiger charge is 2.03. The van der Waals surface area contributed by atoms with Crippen LogP contribution in [0, 0.1) is 0 Å². The molecule has 0 atom stereocenters. The normalized spacial score (nSPS) is 10.3. The molecule has 0 fully saturated rings. The van der Waals surface area contributed by atoms with Gasteiger partial charge in [0.2, 0.25) is 0 Å². The Morgan fingerprint density at radius 3 is 2.79 bits per heavy atom. The van der Waals surface area contributed by atoms with Gasteiger partial charge in [-0.05, 0) is 41.9 Å². The second kappa shape index (κ2) is 5.36. The summed E-state index contributed by atoms with van der Waals surface area (Å²) in [6.07, 6.45) is 0. The summed E-state index contributed by atoms with van der Waals surface area (Å²) < 4.78 is 1.08. The monoisotopic (exact) mass is 276 g/mol. The third-order valence-corrected chi connectivity index (χ3v) is 3.10. The Hall–Kier alpha value is -0.550. The van der Waals surface area contributed by atoms with E-state index in [0.29, 0.717) is 6.54 Å². The van der Waals surface area contributed by atoms with E-state index in [9.17, 15) is 4.79 Å². The largest absolute Gasteiger partial charge is 0.336 e. The van der Waals surface area contributed by atoms with E-state index >= 15 is 0 Å². The van der Waals surface area contributed by atoms with Crippen molar-refractivity contribution in [1.82, 2.24) is 10.6 Å². The molecule has 1 heterocycles. The number of hydrogen-bond acceptors (Lipinski definition) is 2. The highest BCUT2D eigenvalue weighted by atomic mass is 79.9. The molecule has 5 heteroatoms. The maximum Gasteiger partial charge on any atom is 0.315 e. The van der Waals surface area contributed by atoms with Crippen LogP contribution in [0.1, 0.15) is 18.7 Å². The van der Waals surface area contributed by atoms with Gasteiger partial charge in [-0.3, -0.25) is 0 Å². The number of hydrogen-bond donors (Lipinski definition) is 2. The van der Waals surface area contributed by atoms with Gasteiger partial charge in [0.1, 0.15) is 0 Å². The number of rotatable bonds is 3. The number of halogens is 1. The molecular formula is C9H13BrN2OS. The first-order chi connectivity index (χ1) is 6.58. The van der Waals surface area contributed by atoms with Gasteiger partial charge in [-0.2, -0.15) is 0 Å². The summed E-state index contributed by atoms with van der Waals surface area (Å²) in [7, 11) is 0. The van der Waals surface area contributed by atoms with Gasteiger partial charge in [-0.25, -0.2) is 4.79 Å². The van der Waals surface area contributed by atoms with Crippen LogP contribution >= 0.6 is 27.3 Å². The van der Waals surface area contributed by atoms with Crippen molar-refractivity contribution in [3.05, 3.63) is 20.8 Å². The molecule has 0 aromatic carbocycles. The zero-order valence-corrected chi connectivity index (χ0v) is 10.5. The SMILES string of the molecule is CC(C)NC(=O)NCc1ccc(Br)s1. The molecule has 0 spiro atoms. The van der Waals surface area contributed by atoms with Gasteiger partial charge < -0.3 is 10.6 Å². The predicted octanol–water partition coefficient (Wildman–Crippen LogP) is 2.72. The zero-order valence-electron chi connectivity index (χ0n) is 8.13. The van der Waals surface area contributed by atoms with Gasteiger partial charge >= 0.3 is 6.03 Å². The lowest BCUT2D eigenvalue weighted by Gasteiger charge is -2.08. The summed E-state index contributed by atoms with van der Waals surface area (Å²) in [4.78, 5) is 12.3. The molecule has 0 aliphatic heterocycles. The molecule has 2 N–H and O–H groups in total. The Bertz CT molecular complexity index is 312. The van der Waals surface area contributed by atoms with E-state index < -0.39 is 0 Å². The fourth-order valence-corrected chi connectivity index (χ4v) is 2.35. The minimum Gasteiger partial charge on any atom is -0.336 e. The molecule has 1 aromatic heterocycles. The fraction of sp³-hybridized carbons (Fsp3) is 0.444. The fourth-order valence-electron chi connectivity index (χ4n) is 0.927. The minimum absolute atomic E-state index is 0.121. The van der Waals surface area contributed by atoms with E-state index in [-0.39, 0.29) is 12.1 Å². The van der Waals surface area contributed by atoms with Gasteiger partial charge in [-0.1, -0.05) is 0 Å². The molecule has 0 radical (unpaired) electrons. The molecule has 2 amide bonds. The third kappa shape index (κ3) is 4.11. The van der Waals surface area contributed by atoms with E-state index in [0.717, 1.165) is 8.66 Å². The van der Waals surface area contributed by atoms with Crippen molar-refractivity contribution in [3.8, 4) is 0 Å². The Kier molecular flexibility index (Phi) is 4.41. The van der Waals surface area contributed by atoms with Crippen molar-refractivity contribution in [2.24, 2.45) is 0 Å². The molecule has 0 aliphatic rings. The summed E-state index contributed by atoms with van der Waals surface area (Å²) in [5, 5.41) is 5.55. The Balaban J connectivity index is 2.30. The maximum absolute atomic E-state index is 11.2. The number of thiophene rings is 1. The number of carbonyl (C=O) groups is 1. The summed E-state index contributed by atoms with van der Waals surface area (Å²) >= 11 is 4.99. The van der Waals surface area contributed by atoms with Crippen LogP contribution in [0.3, 0.4) is 0 Å². The maximum atomic E-state index is 11.2. The Morgan fingerprint density at radius 2 is 2.29 bits per heavy atom. The van der Waals surface area contributed by atoms with E-state index in [4.69, 9.17) is 0 Å². The average Bonchev–Trinajstić information content (AvgIpc) is 2.47. The molecule has 0 unspecified atom stereocenters. The lowest BCUT2D eigenvalue weighted by molar-refractivity contribution is 0.238. The first-order valence-corrected chi connectivity index (χ1v) is 5.97. The Labute approximate surface area is 96.0 Å². The van der Waals surface area contributed by atoms with Gasteiger partial charge in [0.15, 0.2) is 0 Å². The highest BCUT2D eigenvalue weighted by Crippen LogP contribution is 2.21. The molecule has 0 bridgehead atoms. The molecule has 1 aromatic rings. The minimum atomic E-state index is -0.121. The van der Waals surface area contributed by atoms with Crippen molar-refractivity contribution in [1.29, 1.82) is 0 Å². The second-order valence-corrected chi connectivity index (χ2v) is 5.74. The van der Waals surface area contributed by atoms with Crippen molar-refractivity contribution in [2.75, 3.05) is 0 Å². The predicted molar refractivity (Wildman–Crippen MR) is 62.5 cm³/mol. The van der Waals surface area contributed by atoms with Crippen LogP contribution in [-0.4, -0.2) is 12.1 Å². The molecule has 78 valence electrons. The van der Waals surface area contributed by atoms with Crippen molar-refractivity contribution in [3.63, 3.8) is 0 Å². The molecule has 0 aliphatic carbocycles. The highest BCUT2D eigenvalue weighted by molar-refractivity contribution is 9.11. The zero-order chi connectivity index (χ0) is 10.6. The summed E-state index contributed by atoms with van der Waals surface area (Å²) in [5.41, 5.74) is 0. The number of nitrogens with one attached hydrogen (secondary N) is 2. The van der Waals surface area contributed by atoms with Crippen LogP contribution in [0.25, 0.3) is 0 Å². The van der Waals surface area contributed by atoms with Crippen molar-refractivity contribution >= 4 is 33.3 Å². The van der Waals surface area contributed by atoms with Gasteiger partial charge in [0.25, 0.3) is 0 Å². The summed E-state index contributed by atoms with van der Waals surface area (Å²) in [6, 6.07) is 4.02. The van der Waals surface area contributed by atoms with Crippen LogP contribution in [0.4, 0.5) is 4.79 Å². The molecule has 0 saturated heterocycles. The van der Waals surface area contributed by atoms with Crippen LogP contribution in [0.2, 0.25) is 0 Å². The van der Waals surface area contributed by atoms with Crippen LogP contribution in [-0.2, 0) is 6.54 Å². The standard InChI is InChI=1S/C9H13BrN2OS/c1-6(2)12-9(13)11-5-7-3-4-8(10)14-7/h3-4,6H,5H2,1-2H3,(H2,11,12,13). The van der Waals surface area contributed by atoms with Gasteiger partial charge in [0, 0.05) is 10.9 Å². The van der Waals surface area contributed by atoms with Crippen molar-refractivity contribution in [2.45, 2.75) is 26.4 Å². The quantitative estimate of drug-likeness (QED) is 0.876. The number of urea groups is 1. The van der Waals surface area contributed by atoms with Gasteiger partial charge in [-0.15, -0.1) is 11.3 Å². The van der Waals surface area contributed by atoms with E-state index in [1.54, 1.807) is 11.3 Å². The number of amides is 2. The van der Waals surface area contributed by atoms with E-state index in [1.165, 1.54) is 0 Å². The summed E-state index contributed by atoms with van der Waals surface area (Å²) in [5.74, 6) is 0. The smallest absolute Gasteiger partial charge is 0.315 e. The molecule has 3 nitrogen and oxygen atoms in total. The second-order valence-electron chi connectivity index (χ2n) is 3.19. The lowest BCUT2D eigenvalue weighted by Crippen LogP contribution is -2.38.